The lowest BCUT2D eigenvalue weighted by molar-refractivity contribution is 0.0314. The van der Waals surface area contributed by atoms with Crippen molar-refractivity contribution in [3.05, 3.63) is 28.8 Å². The van der Waals surface area contributed by atoms with E-state index in [4.69, 9.17) is 22.1 Å². The van der Waals surface area contributed by atoms with Crippen LogP contribution in [0.3, 0.4) is 0 Å². The van der Waals surface area contributed by atoms with Crippen molar-refractivity contribution in [3.8, 4) is 0 Å². The van der Waals surface area contributed by atoms with Gasteiger partial charge in [-0.1, -0.05) is 24.6 Å². The summed E-state index contributed by atoms with van der Waals surface area (Å²) in [4.78, 5) is 0.127. The standard InChI is InChI=1S/C13H19ClN2O3S/c1-2-11-9-19-6-5-16(11)20(17,18)13-7-10(8-15)3-4-12(13)14/h3-4,7,11H,2,5-6,8-9,15H2,1H3. The molecule has 0 bridgehead atoms. The number of halogens is 1. The molecule has 1 fully saturated rings. The highest BCUT2D eigenvalue weighted by molar-refractivity contribution is 7.89. The Balaban J connectivity index is 2.43. The van der Waals surface area contributed by atoms with E-state index in [-0.39, 0.29) is 22.5 Å². The summed E-state index contributed by atoms with van der Waals surface area (Å²) >= 11 is 6.07. The van der Waals surface area contributed by atoms with Gasteiger partial charge in [0, 0.05) is 19.1 Å². The molecule has 1 aliphatic heterocycles. The van der Waals surface area contributed by atoms with Gasteiger partial charge in [0.1, 0.15) is 4.90 Å². The van der Waals surface area contributed by atoms with Crippen LogP contribution in [0.1, 0.15) is 18.9 Å². The first-order valence-corrected chi connectivity index (χ1v) is 8.40. The Hall–Kier alpha value is -0.660. The number of hydrogen-bond acceptors (Lipinski definition) is 4. The molecule has 0 aliphatic carbocycles. The van der Waals surface area contributed by atoms with Gasteiger partial charge in [0.15, 0.2) is 0 Å². The average molecular weight is 319 g/mol. The predicted molar refractivity (Wildman–Crippen MR) is 78.1 cm³/mol. The fraction of sp³-hybridized carbons (Fsp3) is 0.538. The van der Waals surface area contributed by atoms with Crippen molar-refractivity contribution < 1.29 is 13.2 Å². The maximum absolute atomic E-state index is 12.8. The zero-order chi connectivity index (χ0) is 14.8. The Bertz CT molecular complexity index is 577. The SMILES string of the molecule is CCC1COCCN1S(=O)(=O)c1cc(CN)ccc1Cl. The van der Waals surface area contributed by atoms with E-state index < -0.39 is 10.0 Å². The molecule has 0 spiro atoms. The lowest BCUT2D eigenvalue weighted by Gasteiger charge is -2.34. The maximum atomic E-state index is 12.8. The lowest BCUT2D eigenvalue weighted by Crippen LogP contribution is -2.48. The summed E-state index contributed by atoms with van der Waals surface area (Å²) in [5, 5.41) is 0.226. The molecule has 112 valence electrons. The molecule has 0 amide bonds. The Morgan fingerprint density at radius 2 is 2.25 bits per heavy atom. The zero-order valence-corrected chi connectivity index (χ0v) is 13.0. The highest BCUT2D eigenvalue weighted by Gasteiger charge is 2.34. The van der Waals surface area contributed by atoms with E-state index in [1.165, 1.54) is 4.31 Å². The molecule has 20 heavy (non-hydrogen) atoms. The molecular weight excluding hydrogens is 300 g/mol. The van der Waals surface area contributed by atoms with Crippen LogP contribution in [0.25, 0.3) is 0 Å². The highest BCUT2D eigenvalue weighted by Crippen LogP contribution is 2.28. The van der Waals surface area contributed by atoms with Crippen molar-refractivity contribution in [1.82, 2.24) is 4.31 Å². The second-order valence-electron chi connectivity index (χ2n) is 4.72. The third-order valence-electron chi connectivity index (χ3n) is 3.46. The van der Waals surface area contributed by atoms with E-state index in [2.05, 4.69) is 0 Å². The van der Waals surface area contributed by atoms with Crippen molar-refractivity contribution in [2.24, 2.45) is 5.73 Å². The molecular formula is C13H19ClN2O3S. The van der Waals surface area contributed by atoms with Crippen molar-refractivity contribution in [1.29, 1.82) is 0 Å². The maximum Gasteiger partial charge on any atom is 0.244 e. The topological polar surface area (TPSA) is 72.6 Å². The molecule has 1 heterocycles. The quantitative estimate of drug-likeness (QED) is 0.915. The molecule has 1 aromatic rings. The number of ether oxygens (including phenoxy) is 1. The van der Waals surface area contributed by atoms with Crippen LogP contribution in [-0.4, -0.2) is 38.5 Å². The fourth-order valence-corrected chi connectivity index (χ4v) is 4.47. The van der Waals surface area contributed by atoms with Gasteiger partial charge in [-0.15, -0.1) is 0 Å². The van der Waals surface area contributed by atoms with E-state index in [0.29, 0.717) is 26.2 Å². The van der Waals surface area contributed by atoms with Crippen molar-refractivity contribution >= 4 is 21.6 Å². The van der Waals surface area contributed by atoms with Crippen LogP contribution in [0.15, 0.2) is 23.1 Å². The third kappa shape index (κ3) is 2.99. The Labute approximate surface area is 124 Å². The monoisotopic (exact) mass is 318 g/mol. The average Bonchev–Trinajstić information content (AvgIpc) is 2.47. The van der Waals surface area contributed by atoms with E-state index in [1.807, 2.05) is 6.92 Å². The van der Waals surface area contributed by atoms with Gasteiger partial charge in [-0.3, -0.25) is 0 Å². The molecule has 5 nitrogen and oxygen atoms in total. The van der Waals surface area contributed by atoms with Crippen LogP contribution in [-0.2, 0) is 21.3 Å². The lowest BCUT2D eigenvalue weighted by atomic mass is 10.2. The molecule has 0 radical (unpaired) electrons. The third-order valence-corrected chi connectivity index (χ3v) is 5.90. The Morgan fingerprint density at radius 3 is 2.90 bits per heavy atom. The first kappa shape index (κ1) is 15.7. The molecule has 0 saturated carbocycles. The molecule has 7 heteroatoms. The van der Waals surface area contributed by atoms with Crippen LogP contribution in [0, 0.1) is 0 Å². The van der Waals surface area contributed by atoms with E-state index in [0.717, 1.165) is 5.56 Å². The molecule has 1 aromatic carbocycles. The Kier molecular flexibility index (Phi) is 5.04. The van der Waals surface area contributed by atoms with E-state index in [1.54, 1.807) is 18.2 Å². The summed E-state index contributed by atoms with van der Waals surface area (Å²) in [5.41, 5.74) is 6.32. The van der Waals surface area contributed by atoms with Crippen LogP contribution in [0.4, 0.5) is 0 Å². The normalized spacial score (nSPS) is 21.1. The number of morpholine rings is 1. The molecule has 2 N–H and O–H groups in total. The van der Waals surface area contributed by atoms with E-state index in [9.17, 15) is 8.42 Å². The number of nitrogens with two attached hydrogens (primary N) is 1. The number of hydrogen-bond donors (Lipinski definition) is 1. The molecule has 2 rings (SSSR count). The van der Waals surface area contributed by atoms with Gasteiger partial charge in [0.05, 0.1) is 18.2 Å². The van der Waals surface area contributed by atoms with Gasteiger partial charge in [-0.2, -0.15) is 4.31 Å². The summed E-state index contributed by atoms with van der Waals surface area (Å²) < 4.78 is 32.4. The zero-order valence-electron chi connectivity index (χ0n) is 11.4. The van der Waals surface area contributed by atoms with Crippen LogP contribution in [0.5, 0.6) is 0 Å². The molecule has 1 unspecified atom stereocenters. The minimum atomic E-state index is -3.62. The summed E-state index contributed by atoms with van der Waals surface area (Å²) in [5.74, 6) is 0. The summed E-state index contributed by atoms with van der Waals surface area (Å²) in [6, 6.07) is 4.72. The number of rotatable bonds is 4. The summed E-state index contributed by atoms with van der Waals surface area (Å²) in [7, 11) is -3.62. The predicted octanol–water partition coefficient (Wildman–Crippen LogP) is 1.60. The molecule has 1 atom stereocenters. The second-order valence-corrected chi connectivity index (χ2v) is 6.99. The first-order chi connectivity index (χ1) is 9.50. The van der Waals surface area contributed by atoms with Gasteiger partial charge in [0.2, 0.25) is 10.0 Å². The Morgan fingerprint density at radius 1 is 1.50 bits per heavy atom. The molecule has 0 aromatic heterocycles. The second kappa shape index (κ2) is 6.41. The van der Waals surface area contributed by atoms with Crippen LogP contribution in [0.2, 0.25) is 5.02 Å². The fourth-order valence-electron chi connectivity index (χ4n) is 2.28. The van der Waals surface area contributed by atoms with Gasteiger partial charge in [-0.05, 0) is 24.1 Å². The summed E-state index contributed by atoms with van der Waals surface area (Å²) in [6.07, 6.45) is 0.702. The molecule has 1 saturated heterocycles. The van der Waals surface area contributed by atoms with Gasteiger partial charge >= 0.3 is 0 Å². The number of benzene rings is 1. The largest absolute Gasteiger partial charge is 0.378 e. The van der Waals surface area contributed by atoms with E-state index >= 15 is 0 Å². The number of sulfonamides is 1. The first-order valence-electron chi connectivity index (χ1n) is 6.58. The van der Waals surface area contributed by atoms with Gasteiger partial charge < -0.3 is 10.5 Å². The van der Waals surface area contributed by atoms with Gasteiger partial charge in [-0.25, -0.2) is 8.42 Å². The minimum Gasteiger partial charge on any atom is -0.378 e. The van der Waals surface area contributed by atoms with Gasteiger partial charge in [0.25, 0.3) is 0 Å². The minimum absolute atomic E-state index is 0.127. The van der Waals surface area contributed by atoms with Crippen molar-refractivity contribution in [2.45, 2.75) is 30.8 Å². The highest BCUT2D eigenvalue weighted by atomic mass is 35.5. The van der Waals surface area contributed by atoms with Crippen molar-refractivity contribution in [3.63, 3.8) is 0 Å². The number of nitrogens with zero attached hydrogens (tertiary/aromatic N) is 1. The smallest absolute Gasteiger partial charge is 0.244 e. The molecule has 1 aliphatic rings. The summed E-state index contributed by atoms with van der Waals surface area (Å²) in [6.45, 7) is 3.40. The van der Waals surface area contributed by atoms with Crippen molar-refractivity contribution in [2.75, 3.05) is 19.8 Å². The van der Waals surface area contributed by atoms with Crippen LogP contribution < -0.4 is 5.73 Å². The van der Waals surface area contributed by atoms with Crippen LogP contribution >= 0.6 is 11.6 Å².